The molecule has 1 aromatic carbocycles. The molecule has 0 bridgehead atoms. The maximum atomic E-state index is 12.0. The van der Waals surface area contributed by atoms with Crippen LogP contribution in [-0.2, 0) is 4.79 Å². The fourth-order valence-electron chi connectivity index (χ4n) is 2.48. The summed E-state index contributed by atoms with van der Waals surface area (Å²) in [4.78, 5) is 24.5. The number of nitrogens with one attached hydrogen (secondary N) is 1. The third-order valence-corrected chi connectivity index (χ3v) is 4.67. The molecule has 1 aromatic rings. The second-order valence-electron chi connectivity index (χ2n) is 5.61. The first kappa shape index (κ1) is 18.9. The Morgan fingerprint density at radius 2 is 2.08 bits per heavy atom. The number of ether oxygens (including phenoxy) is 1. The van der Waals surface area contributed by atoms with Crippen LogP contribution in [0.2, 0.25) is 5.02 Å². The first-order valence-electron chi connectivity index (χ1n) is 7.81. The van der Waals surface area contributed by atoms with Gasteiger partial charge in [0.05, 0.1) is 17.5 Å². The summed E-state index contributed by atoms with van der Waals surface area (Å²) in [5.74, 6) is -0.501. The molecule has 1 aliphatic rings. The molecule has 0 atom stereocenters. The van der Waals surface area contributed by atoms with Gasteiger partial charge in [-0.15, -0.1) is 0 Å². The van der Waals surface area contributed by atoms with Crippen molar-refractivity contribution < 1.29 is 19.4 Å². The summed E-state index contributed by atoms with van der Waals surface area (Å²) in [6, 6.07) is 5.25. The lowest BCUT2D eigenvalue weighted by Gasteiger charge is -2.30. The molecule has 0 radical (unpaired) electrons. The first-order valence-corrected chi connectivity index (χ1v) is 8.98. The number of amides is 2. The molecule has 1 heterocycles. The SMILES string of the molecule is O=C(O)C1CCN(C(=O)NCCCOc2ccc(Br)cc2Cl)CC1. The van der Waals surface area contributed by atoms with E-state index in [-0.39, 0.29) is 11.9 Å². The fraction of sp³-hybridized carbons (Fsp3) is 0.500. The van der Waals surface area contributed by atoms with Crippen molar-refractivity contribution in [2.24, 2.45) is 5.92 Å². The number of urea groups is 1. The molecule has 1 aliphatic heterocycles. The maximum Gasteiger partial charge on any atom is 0.317 e. The van der Waals surface area contributed by atoms with Gasteiger partial charge in [0.1, 0.15) is 5.75 Å². The number of hydrogen-bond acceptors (Lipinski definition) is 3. The first-order chi connectivity index (χ1) is 11.5. The lowest BCUT2D eigenvalue weighted by Crippen LogP contribution is -2.45. The molecule has 0 spiro atoms. The molecular formula is C16H20BrClN2O4. The van der Waals surface area contributed by atoms with Crippen LogP contribution in [0.3, 0.4) is 0 Å². The van der Waals surface area contributed by atoms with Gasteiger partial charge in [-0.2, -0.15) is 0 Å². The zero-order valence-electron chi connectivity index (χ0n) is 13.1. The van der Waals surface area contributed by atoms with Crippen LogP contribution in [0.5, 0.6) is 5.75 Å². The summed E-state index contributed by atoms with van der Waals surface area (Å²) in [6.07, 6.45) is 1.67. The highest BCUT2D eigenvalue weighted by Crippen LogP contribution is 2.27. The summed E-state index contributed by atoms with van der Waals surface area (Å²) in [6.45, 7) is 1.90. The molecule has 2 rings (SSSR count). The minimum Gasteiger partial charge on any atom is -0.492 e. The smallest absolute Gasteiger partial charge is 0.317 e. The van der Waals surface area contributed by atoms with Gasteiger partial charge in [-0.1, -0.05) is 27.5 Å². The van der Waals surface area contributed by atoms with Gasteiger partial charge in [-0.25, -0.2) is 4.79 Å². The third-order valence-electron chi connectivity index (χ3n) is 3.88. The number of likely N-dealkylation sites (tertiary alicyclic amines) is 1. The molecule has 6 nitrogen and oxygen atoms in total. The van der Waals surface area contributed by atoms with Gasteiger partial charge in [-0.3, -0.25) is 4.79 Å². The van der Waals surface area contributed by atoms with Crippen LogP contribution < -0.4 is 10.1 Å². The van der Waals surface area contributed by atoms with Crippen molar-refractivity contribution in [3.05, 3.63) is 27.7 Å². The monoisotopic (exact) mass is 418 g/mol. The molecule has 0 saturated carbocycles. The number of carboxylic acids is 1. The van der Waals surface area contributed by atoms with Crippen molar-refractivity contribution in [2.75, 3.05) is 26.2 Å². The highest BCUT2D eigenvalue weighted by atomic mass is 79.9. The average molecular weight is 420 g/mol. The van der Waals surface area contributed by atoms with Gasteiger partial charge in [0.2, 0.25) is 0 Å². The molecule has 132 valence electrons. The Labute approximate surface area is 154 Å². The quantitative estimate of drug-likeness (QED) is 0.693. The van der Waals surface area contributed by atoms with E-state index in [4.69, 9.17) is 21.4 Å². The number of benzene rings is 1. The topological polar surface area (TPSA) is 78.9 Å². The highest BCUT2D eigenvalue weighted by Gasteiger charge is 2.26. The van der Waals surface area contributed by atoms with Crippen LogP contribution in [0.15, 0.2) is 22.7 Å². The van der Waals surface area contributed by atoms with E-state index in [9.17, 15) is 9.59 Å². The van der Waals surface area contributed by atoms with E-state index in [1.54, 1.807) is 17.0 Å². The standard InChI is InChI=1S/C16H20BrClN2O4/c17-12-2-3-14(13(18)10-12)24-9-1-6-19-16(23)20-7-4-11(5-8-20)15(21)22/h2-3,10-11H,1,4-9H2,(H,19,23)(H,21,22). The van der Waals surface area contributed by atoms with Crippen molar-refractivity contribution in [1.82, 2.24) is 10.2 Å². The fourth-order valence-corrected chi connectivity index (χ4v) is 3.21. The summed E-state index contributed by atoms with van der Waals surface area (Å²) in [5, 5.41) is 12.3. The molecule has 0 aromatic heterocycles. The van der Waals surface area contributed by atoms with E-state index in [1.165, 1.54) is 0 Å². The van der Waals surface area contributed by atoms with E-state index in [0.29, 0.717) is 56.3 Å². The number of aliphatic carboxylic acids is 1. The number of piperidine rings is 1. The lowest BCUT2D eigenvalue weighted by atomic mass is 9.97. The van der Waals surface area contributed by atoms with E-state index in [0.717, 1.165) is 4.47 Å². The Morgan fingerprint density at radius 3 is 2.71 bits per heavy atom. The number of halogens is 2. The van der Waals surface area contributed by atoms with Crippen LogP contribution >= 0.6 is 27.5 Å². The molecular weight excluding hydrogens is 400 g/mol. The van der Waals surface area contributed by atoms with Gasteiger partial charge in [0.25, 0.3) is 0 Å². The van der Waals surface area contributed by atoms with Crippen LogP contribution in [0, 0.1) is 5.92 Å². The summed E-state index contributed by atoms with van der Waals surface area (Å²) >= 11 is 9.39. The largest absolute Gasteiger partial charge is 0.492 e. The lowest BCUT2D eigenvalue weighted by molar-refractivity contribution is -0.143. The van der Waals surface area contributed by atoms with Gasteiger partial charge in [-0.05, 0) is 37.5 Å². The number of carbonyl (C=O) groups is 2. The zero-order chi connectivity index (χ0) is 17.5. The third kappa shape index (κ3) is 5.56. The van der Waals surface area contributed by atoms with E-state index in [1.807, 2.05) is 6.07 Å². The molecule has 24 heavy (non-hydrogen) atoms. The molecule has 1 fully saturated rings. The van der Waals surface area contributed by atoms with Gasteiger partial charge in [0, 0.05) is 24.1 Å². The predicted molar refractivity (Wildman–Crippen MR) is 94.6 cm³/mol. The Kier molecular flexibility index (Phi) is 7.17. The van der Waals surface area contributed by atoms with Crippen molar-refractivity contribution in [2.45, 2.75) is 19.3 Å². The molecule has 2 N–H and O–H groups in total. The minimum atomic E-state index is -0.779. The summed E-state index contributed by atoms with van der Waals surface area (Å²) < 4.78 is 6.46. The second-order valence-corrected chi connectivity index (χ2v) is 6.93. The maximum absolute atomic E-state index is 12.0. The van der Waals surface area contributed by atoms with Crippen molar-refractivity contribution >= 4 is 39.5 Å². The Balaban J connectivity index is 1.62. The minimum absolute atomic E-state index is 0.152. The van der Waals surface area contributed by atoms with E-state index in [2.05, 4.69) is 21.2 Å². The van der Waals surface area contributed by atoms with Gasteiger partial charge < -0.3 is 20.1 Å². The van der Waals surface area contributed by atoms with Crippen molar-refractivity contribution in [3.63, 3.8) is 0 Å². The number of nitrogens with zero attached hydrogens (tertiary/aromatic N) is 1. The summed E-state index contributed by atoms with van der Waals surface area (Å²) in [5.41, 5.74) is 0. The van der Waals surface area contributed by atoms with Gasteiger partial charge >= 0.3 is 12.0 Å². The van der Waals surface area contributed by atoms with E-state index < -0.39 is 5.97 Å². The summed E-state index contributed by atoms with van der Waals surface area (Å²) in [7, 11) is 0. The Hall–Kier alpha value is -1.47. The van der Waals surface area contributed by atoms with Crippen LogP contribution in [0.25, 0.3) is 0 Å². The molecule has 0 unspecified atom stereocenters. The zero-order valence-corrected chi connectivity index (χ0v) is 15.5. The Bertz CT molecular complexity index is 591. The molecule has 2 amide bonds. The number of carboxylic acid groups (broad SMARTS) is 1. The Morgan fingerprint density at radius 1 is 1.38 bits per heavy atom. The van der Waals surface area contributed by atoms with Crippen LogP contribution in [0.4, 0.5) is 4.79 Å². The number of rotatable bonds is 6. The highest BCUT2D eigenvalue weighted by molar-refractivity contribution is 9.10. The molecule has 1 saturated heterocycles. The van der Waals surface area contributed by atoms with Crippen molar-refractivity contribution in [3.8, 4) is 5.75 Å². The normalized spacial score (nSPS) is 15.2. The van der Waals surface area contributed by atoms with Crippen molar-refractivity contribution in [1.29, 1.82) is 0 Å². The van der Waals surface area contributed by atoms with E-state index >= 15 is 0 Å². The molecule has 0 aliphatic carbocycles. The average Bonchev–Trinajstić information content (AvgIpc) is 2.56. The number of carbonyl (C=O) groups excluding carboxylic acids is 1. The predicted octanol–water partition coefficient (Wildman–Crippen LogP) is 3.38. The number of hydrogen-bond donors (Lipinski definition) is 2. The second kappa shape index (κ2) is 9.13. The molecule has 8 heteroatoms. The van der Waals surface area contributed by atoms with Crippen LogP contribution in [-0.4, -0.2) is 48.2 Å². The van der Waals surface area contributed by atoms with Crippen LogP contribution in [0.1, 0.15) is 19.3 Å². The van der Waals surface area contributed by atoms with Gasteiger partial charge in [0.15, 0.2) is 0 Å².